The Morgan fingerprint density at radius 3 is 1.88 bits per heavy atom. The van der Waals surface area contributed by atoms with Gasteiger partial charge in [0.15, 0.2) is 0 Å². The molecular formula is C37H48Cl2Zr. The zero-order chi connectivity index (χ0) is 27.9. The van der Waals surface area contributed by atoms with E-state index in [1.807, 2.05) is 0 Å². The van der Waals surface area contributed by atoms with Crippen LogP contribution in [0, 0.1) is 5.92 Å². The van der Waals surface area contributed by atoms with Gasteiger partial charge in [0.2, 0.25) is 0 Å². The van der Waals surface area contributed by atoms with Crippen molar-refractivity contribution in [3.8, 4) is 11.1 Å². The summed E-state index contributed by atoms with van der Waals surface area (Å²) in [6, 6.07) is 23.7. The Balaban J connectivity index is 0.00000220. The summed E-state index contributed by atoms with van der Waals surface area (Å²) in [5.41, 5.74) is 11.8. The molecular weight excluding hydrogens is 607 g/mol. The van der Waals surface area contributed by atoms with Crippen LogP contribution in [-0.2, 0) is 35.5 Å². The first kappa shape index (κ1) is 33.0. The first-order valence-electron chi connectivity index (χ1n) is 14.4. The monoisotopic (exact) mass is 652 g/mol. The first-order valence-corrected chi connectivity index (χ1v) is 22.2. The van der Waals surface area contributed by atoms with E-state index < -0.39 is 18.3 Å². The van der Waals surface area contributed by atoms with E-state index in [1.165, 1.54) is 47.8 Å². The van der Waals surface area contributed by atoms with Gasteiger partial charge in [0.25, 0.3) is 0 Å². The van der Waals surface area contributed by atoms with Gasteiger partial charge in [-0.05, 0) is 0 Å². The van der Waals surface area contributed by atoms with E-state index in [9.17, 15) is 0 Å². The average molecular weight is 655 g/mol. The Kier molecular flexibility index (Phi) is 8.77. The van der Waals surface area contributed by atoms with Crippen LogP contribution in [-0.4, -0.2) is 4.21 Å². The van der Waals surface area contributed by atoms with E-state index in [2.05, 4.69) is 134 Å². The molecule has 0 nitrogen and oxygen atoms in total. The molecule has 3 aromatic carbocycles. The summed E-state index contributed by atoms with van der Waals surface area (Å²) in [4.78, 5) is 0. The van der Waals surface area contributed by atoms with Gasteiger partial charge >= 0.3 is 234 Å². The fraction of sp³-hybridized carbons (Fsp3) is 0.378. The third-order valence-corrected chi connectivity index (χ3v) is 24.7. The van der Waals surface area contributed by atoms with Crippen molar-refractivity contribution < 1.29 is 18.3 Å². The van der Waals surface area contributed by atoms with Crippen LogP contribution >= 0.6 is 24.8 Å². The van der Waals surface area contributed by atoms with Gasteiger partial charge in [-0.2, -0.15) is 0 Å². The number of benzene rings is 3. The summed E-state index contributed by atoms with van der Waals surface area (Å²) >= 11 is -4.29. The van der Waals surface area contributed by atoms with Gasteiger partial charge in [0, 0.05) is 0 Å². The fourth-order valence-electron chi connectivity index (χ4n) is 7.38. The summed E-state index contributed by atoms with van der Waals surface area (Å²) in [6.07, 6.45) is 3.48. The third kappa shape index (κ3) is 5.04. The molecule has 3 heteroatoms. The molecule has 40 heavy (non-hydrogen) atoms. The molecule has 2 aliphatic carbocycles. The van der Waals surface area contributed by atoms with Crippen molar-refractivity contribution in [3.05, 3.63) is 103 Å². The van der Waals surface area contributed by atoms with Crippen molar-refractivity contribution in [1.82, 2.24) is 0 Å². The van der Waals surface area contributed by atoms with Crippen molar-refractivity contribution in [1.29, 1.82) is 0 Å². The van der Waals surface area contributed by atoms with Crippen LogP contribution in [0.25, 0.3) is 11.1 Å². The molecule has 5 rings (SSSR count). The number of hydrogen-bond acceptors (Lipinski definition) is 0. The Bertz CT molecular complexity index is 1590. The average Bonchev–Trinajstić information content (AvgIpc) is 3.33. The van der Waals surface area contributed by atoms with E-state index in [4.69, 9.17) is 4.21 Å². The number of fused-ring (bicyclic) bond motifs is 3. The van der Waals surface area contributed by atoms with Crippen LogP contribution in [0.2, 0.25) is 4.63 Å². The molecule has 0 bridgehead atoms. The molecule has 2 aliphatic rings. The standard InChI is InChI=1S/C21H25.C8H11.C6H5.CH3.CH2.2ClH.Zr/c1-20(2,3)16-9-7-14-11-15-8-10-17(21(4,5)6)13-19(15)18(14)12-16;1-6-4-7(2)8(3)5-6;1-2-4-6-5-3-1;;;;;/h7,9-10,12-13H,11H2,1-6H3;4,6H,1-3H3;1-5H;1H3;1H2;2*1H;. The van der Waals surface area contributed by atoms with E-state index in [1.54, 1.807) is 6.55 Å². The summed E-state index contributed by atoms with van der Waals surface area (Å²) in [7, 11) is 0. The number of rotatable bonds is 3. The summed E-state index contributed by atoms with van der Waals surface area (Å²) in [5.74, 6) is 0.411. The van der Waals surface area contributed by atoms with Gasteiger partial charge < -0.3 is 0 Å². The van der Waals surface area contributed by atoms with E-state index in [0.29, 0.717) is 5.92 Å². The molecule has 1 atom stereocenters. The minimum atomic E-state index is -4.29. The van der Waals surface area contributed by atoms with E-state index >= 15 is 0 Å². The molecule has 1 unspecified atom stereocenters. The zero-order valence-corrected chi connectivity index (χ0v) is 30.2. The second-order valence-corrected chi connectivity index (χ2v) is 28.6. The Morgan fingerprint density at radius 2 is 1.35 bits per heavy atom. The molecule has 0 fully saturated rings. The van der Waals surface area contributed by atoms with Crippen molar-refractivity contribution >= 4 is 35.6 Å². The van der Waals surface area contributed by atoms with Crippen LogP contribution in [0.1, 0.15) is 84.6 Å². The second-order valence-electron chi connectivity index (χ2n) is 14.7. The quantitative estimate of drug-likeness (QED) is 0.206. The minimum absolute atomic E-state index is 0. The van der Waals surface area contributed by atoms with Crippen molar-refractivity contribution in [2.45, 2.75) is 84.2 Å². The van der Waals surface area contributed by atoms with Crippen molar-refractivity contribution in [2.75, 3.05) is 0 Å². The van der Waals surface area contributed by atoms with Crippen molar-refractivity contribution in [3.63, 3.8) is 0 Å². The SMILES string of the molecule is Cl.Cl.[CH2]=[Zr]([CH3])([C]1=C(C)C(C)=CC1C)([c]1ccccc1)[c]1cc(C(C)(C)C)cc2c1Cc1ccc(C(C)(C)C)cc1-2. The maximum atomic E-state index is 5.50. The molecule has 0 saturated heterocycles. The molecule has 0 saturated carbocycles. The molecule has 0 heterocycles. The van der Waals surface area contributed by atoms with E-state index in [0.717, 1.165) is 6.42 Å². The predicted octanol–water partition coefficient (Wildman–Crippen LogP) is 9.69. The van der Waals surface area contributed by atoms with Crippen LogP contribution in [0.15, 0.2) is 81.2 Å². The van der Waals surface area contributed by atoms with E-state index in [-0.39, 0.29) is 35.6 Å². The number of halogens is 2. The number of allylic oxidation sites excluding steroid dienone is 4. The van der Waals surface area contributed by atoms with Gasteiger partial charge in [-0.15, -0.1) is 24.8 Å². The van der Waals surface area contributed by atoms with Gasteiger partial charge in [0.05, 0.1) is 0 Å². The van der Waals surface area contributed by atoms with Gasteiger partial charge in [-0.3, -0.25) is 0 Å². The van der Waals surface area contributed by atoms with Gasteiger partial charge in [-0.25, -0.2) is 0 Å². The van der Waals surface area contributed by atoms with Crippen LogP contribution in [0.4, 0.5) is 0 Å². The van der Waals surface area contributed by atoms with Crippen molar-refractivity contribution in [2.24, 2.45) is 5.92 Å². The molecule has 0 aromatic heterocycles. The molecule has 0 aliphatic heterocycles. The van der Waals surface area contributed by atoms with Gasteiger partial charge in [0.1, 0.15) is 0 Å². The molecule has 0 radical (unpaired) electrons. The van der Waals surface area contributed by atoms with Crippen LogP contribution in [0.3, 0.4) is 0 Å². The number of hydrogen-bond donors (Lipinski definition) is 0. The normalized spacial score (nSPS) is 17.1. The Hall–Kier alpha value is -1.53. The predicted molar refractivity (Wildman–Crippen MR) is 181 cm³/mol. The second kappa shape index (κ2) is 10.6. The topological polar surface area (TPSA) is 0 Å². The fourth-order valence-corrected chi connectivity index (χ4v) is 22.4. The van der Waals surface area contributed by atoms with Crippen LogP contribution in [0.5, 0.6) is 0 Å². The summed E-state index contributed by atoms with van der Waals surface area (Å²) < 4.78 is 12.8. The summed E-state index contributed by atoms with van der Waals surface area (Å²) in [5, 5.41) is 0. The Morgan fingerprint density at radius 1 is 0.775 bits per heavy atom. The third-order valence-electron chi connectivity index (χ3n) is 9.71. The molecule has 3 aromatic rings. The molecule has 0 amide bonds. The van der Waals surface area contributed by atoms with Gasteiger partial charge in [-0.1, -0.05) is 0 Å². The molecule has 0 N–H and O–H groups in total. The Labute approximate surface area is 256 Å². The maximum absolute atomic E-state index is 5.50. The zero-order valence-electron chi connectivity index (χ0n) is 26.2. The molecule has 214 valence electrons. The first-order chi connectivity index (χ1) is 17.5. The summed E-state index contributed by atoms with van der Waals surface area (Å²) in [6.45, 7) is 21.1. The van der Waals surface area contributed by atoms with Crippen LogP contribution < -0.4 is 6.54 Å². The molecule has 0 spiro atoms.